The maximum absolute atomic E-state index is 12.9. The average molecular weight is 592 g/mol. The lowest BCUT2D eigenvalue weighted by atomic mass is 10.1. The first kappa shape index (κ1) is 29.6. The molecule has 0 N–H and O–H groups in total. The SMILES string of the molecule is FC(F)Oc1cccc(CCOc2cncc(OCCc3cccc(OC(F)F)c3OCC3CC3)c2)c1OCC1CC1. The Bertz CT molecular complexity index is 1210. The summed E-state index contributed by atoms with van der Waals surface area (Å²) < 4.78 is 84.5. The van der Waals surface area contributed by atoms with Crippen molar-refractivity contribution in [3.8, 4) is 34.5 Å². The van der Waals surface area contributed by atoms with E-state index in [0.717, 1.165) is 25.7 Å². The maximum atomic E-state index is 12.9. The van der Waals surface area contributed by atoms with Gasteiger partial charge in [0.25, 0.3) is 0 Å². The van der Waals surface area contributed by atoms with Gasteiger partial charge in [0.2, 0.25) is 0 Å². The predicted octanol–water partition coefficient (Wildman–Crippen LogP) is 7.11. The average Bonchev–Trinajstić information content (AvgIpc) is 3.88. The molecule has 0 spiro atoms. The van der Waals surface area contributed by atoms with E-state index in [1.54, 1.807) is 42.7 Å². The van der Waals surface area contributed by atoms with Crippen LogP contribution in [0.2, 0.25) is 0 Å². The fourth-order valence-electron chi connectivity index (χ4n) is 4.31. The maximum Gasteiger partial charge on any atom is 0.387 e. The van der Waals surface area contributed by atoms with Crippen LogP contribution in [-0.2, 0) is 12.8 Å². The predicted molar refractivity (Wildman–Crippen MR) is 145 cm³/mol. The van der Waals surface area contributed by atoms with Crippen LogP contribution in [0.3, 0.4) is 0 Å². The number of rotatable bonds is 18. The third kappa shape index (κ3) is 9.06. The van der Waals surface area contributed by atoms with Gasteiger partial charge >= 0.3 is 13.2 Å². The van der Waals surface area contributed by atoms with Crippen LogP contribution < -0.4 is 28.4 Å². The van der Waals surface area contributed by atoms with Gasteiger partial charge in [-0.15, -0.1) is 0 Å². The highest BCUT2D eigenvalue weighted by Gasteiger charge is 2.25. The van der Waals surface area contributed by atoms with Gasteiger partial charge in [-0.1, -0.05) is 24.3 Å². The molecule has 0 bridgehead atoms. The topological polar surface area (TPSA) is 68.3 Å². The Morgan fingerprint density at radius 2 is 1.10 bits per heavy atom. The molecule has 3 aromatic rings. The van der Waals surface area contributed by atoms with E-state index < -0.39 is 13.2 Å². The lowest BCUT2D eigenvalue weighted by Gasteiger charge is -2.17. The molecule has 7 nitrogen and oxygen atoms in total. The Hall–Kier alpha value is -3.89. The second-order valence-corrected chi connectivity index (χ2v) is 10.3. The van der Waals surface area contributed by atoms with Crippen molar-refractivity contribution < 1.29 is 46.0 Å². The molecule has 0 aliphatic heterocycles. The van der Waals surface area contributed by atoms with Crippen LogP contribution in [0, 0.1) is 11.8 Å². The molecule has 0 unspecified atom stereocenters. The Kier molecular flexibility index (Phi) is 10.1. The van der Waals surface area contributed by atoms with Crippen molar-refractivity contribution in [3.63, 3.8) is 0 Å². The second kappa shape index (κ2) is 14.3. The fourth-order valence-corrected chi connectivity index (χ4v) is 4.31. The minimum Gasteiger partial charge on any atom is -0.491 e. The molecular weight excluding hydrogens is 558 g/mol. The summed E-state index contributed by atoms with van der Waals surface area (Å²) in [6, 6.07) is 11.5. The standard InChI is InChI=1S/C31H33F4NO6/c32-30(33)41-26-5-1-3-22(28(26)39-18-20-7-8-20)11-13-37-24-15-25(17-36-16-24)38-14-12-23-4-2-6-27(42-31(34)35)29(23)40-19-21-9-10-21/h1-6,15-17,20-21,30-31H,7-14,18-19H2. The molecule has 5 rings (SSSR count). The molecular formula is C31H33F4NO6. The van der Waals surface area contributed by atoms with E-state index in [2.05, 4.69) is 14.5 Å². The quantitative estimate of drug-likeness (QED) is 0.146. The van der Waals surface area contributed by atoms with Gasteiger partial charge < -0.3 is 28.4 Å². The van der Waals surface area contributed by atoms with E-state index in [1.807, 2.05) is 0 Å². The lowest BCUT2D eigenvalue weighted by molar-refractivity contribution is -0.0522. The summed E-state index contributed by atoms with van der Waals surface area (Å²) in [5.41, 5.74) is 1.40. The number of para-hydroxylation sites is 2. The Morgan fingerprint density at radius 3 is 1.50 bits per heavy atom. The van der Waals surface area contributed by atoms with Crippen molar-refractivity contribution in [1.29, 1.82) is 0 Å². The summed E-state index contributed by atoms with van der Waals surface area (Å²) in [5, 5.41) is 0. The Labute approximate surface area is 241 Å². The highest BCUT2D eigenvalue weighted by atomic mass is 19.3. The lowest BCUT2D eigenvalue weighted by Crippen LogP contribution is -2.10. The van der Waals surface area contributed by atoms with Crippen LogP contribution in [0.25, 0.3) is 0 Å². The zero-order valence-corrected chi connectivity index (χ0v) is 23.0. The van der Waals surface area contributed by atoms with Crippen molar-refractivity contribution in [1.82, 2.24) is 4.98 Å². The van der Waals surface area contributed by atoms with Crippen molar-refractivity contribution in [3.05, 3.63) is 66.0 Å². The third-order valence-electron chi connectivity index (χ3n) is 6.84. The number of alkyl halides is 4. The molecule has 0 atom stereocenters. The van der Waals surface area contributed by atoms with Crippen LogP contribution in [0.1, 0.15) is 36.8 Å². The van der Waals surface area contributed by atoms with Gasteiger partial charge in [0, 0.05) is 30.0 Å². The molecule has 226 valence electrons. The summed E-state index contributed by atoms with van der Waals surface area (Å²) in [6.45, 7) is -4.52. The molecule has 42 heavy (non-hydrogen) atoms. The van der Waals surface area contributed by atoms with Crippen molar-refractivity contribution >= 4 is 0 Å². The number of pyridine rings is 1. The zero-order chi connectivity index (χ0) is 29.3. The highest BCUT2D eigenvalue weighted by molar-refractivity contribution is 5.48. The number of hydrogen-bond acceptors (Lipinski definition) is 7. The molecule has 1 heterocycles. The first-order valence-corrected chi connectivity index (χ1v) is 14.0. The molecule has 2 fully saturated rings. The number of benzene rings is 2. The summed E-state index contributed by atoms with van der Waals surface area (Å²) in [6.07, 6.45) is 8.14. The van der Waals surface area contributed by atoms with Crippen LogP contribution in [0.4, 0.5) is 17.6 Å². The third-order valence-corrected chi connectivity index (χ3v) is 6.84. The van der Waals surface area contributed by atoms with Gasteiger partial charge in [-0.3, -0.25) is 4.98 Å². The number of hydrogen-bond donors (Lipinski definition) is 0. The van der Waals surface area contributed by atoms with E-state index in [0.29, 0.717) is 72.0 Å². The van der Waals surface area contributed by atoms with Crippen molar-refractivity contribution in [2.24, 2.45) is 11.8 Å². The Morgan fingerprint density at radius 1 is 0.643 bits per heavy atom. The van der Waals surface area contributed by atoms with Crippen LogP contribution in [0.5, 0.6) is 34.5 Å². The number of aromatic nitrogens is 1. The zero-order valence-electron chi connectivity index (χ0n) is 23.0. The molecule has 0 radical (unpaired) electrons. The molecule has 11 heteroatoms. The summed E-state index contributed by atoms with van der Waals surface area (Å²) in [7, 11) is 0. The molecule has 0 saturated heterocycles. The molecule has 2 saturated carbocycles. The molecule has 2 aliphatic carbocycles. The second-order valence-electron chi connectivity index (χ2n) is 10.3. The van der Waals surface area contributed by atoms with Gasteiger partial charge in [0.15, 0.2) is 23.0 Å². The fraction of sp³-hybridized carbons (Fsp3) is 0.452. The van der Waals surface area contributed by atoms with Crippen molar-refractivity contribution in [2.75, 3.05) is 26.4 Å². The minimum atomic E-state index is -2.95. The normalized spacial score (nSPS) is 14.6. The summed E-state index contributed by atoms with van der Waals surface area (Å²) in [5.74, 6) is 2.46. The van der Waals surface area contributed by atoms with Crippen LogP contribution in [-0.4, -0.2) is 44.6 Å². The first-order valence-electron chi connectivity index (χ1n) is 14.0. The highest BCUT2D eigenvalue weighted by Crippen LogP contribution is 2.37. The number of nitrogens with zero attached hydrogens (tertiary/aromatic N) is 1. The summed E-state index contributed by atoms with van der Waals surface area (Å²) >= 11 is 0. The van der Waals surface area contributed by atoms with Gasteiger partial charge in [0.1, 0.15) is 11.5 Å². The summed E-state index contributed by atoms with van der Waals surface area (Å²) in [4.78, 5) is 4.17. The Balaban J connectivity index is 1.15. The van der Waals surface area contributed by atoms with Crippen LogP contribution >= 0.6 is 0 Å². The molecule has 2 aromatic carbocycles. The largest absolute Gasteiger partial charge is 0.491 e. The van der Waals surface area contributed by atoms with E-state index in [9.17, 15) is 17.6 Å². The van der Waals surface area contributed by atoms with E-state index in [-0.39, 0.29) is 24.7 Å². The van der Waals surface area contributed by atoms with E-state index in [4.69, 9.17) is 18.9 Å². The molecule has 0 amide bonds. The number of halogens is 4. The van der Waals surface area contributed by atoms with Gasteiger partial charge in [-0.05, 0) is 49.7 Å². The molecule has 1 aromatic heterocycles. The minimum absolute atomic E-state index is 0.00705. The van der Waals surface area contributed by atoms with E-state index in [1.165, 1.54) is 12.1 Å². The monoisotopic (exact) mass is 591 g/mol. The van der Waals surface area contributed by atoms with Gasteiger partial charge in [-0.25, -0.2) is 0 Å². The van der Waals surface area contributed by atoms with Gasteiger partial charge in [0.05, 0.1) is 38.8 Å². The van der Waals surface area contributed by atoms with Gasteiger partial charge in [-0.2, -0.15) is 17.6 Å². The van der Waals surface area contributed by atoms with E-state index >= 15 is 0 Å². The number of ether oxygens (including phenoxy) is 6. The first-order chi connectivity index (χ1) is 20.4. The molecule has 2 aliphatic rings. The van der Waals surface area contributed by atoms with Crippen LogP contribution in [0.15, 0.2) is 54.9 Å². The van der Waals surface area contributed by atoms with Crippen molar-refractivity contribution in [2.45, 2.75) is 51.7 Å². The smallest absolute Gasteiger partial charge is 0.387 e.